The molecule has 2 aromatic rings. The first-order chi connectivity index (χ1) is 13.2. The molecule has 0 unspecified atom stereocenters. The average molecular weight is 362 g/mol. The van der Waals surface area contributed by atoms with Crippen LogP contribution in [0.1, 0.15) is 31.2 Å². The molecule has 1 saturated carbocycles. The first-order valence-electron chi connectivity index (χ1n) is 9.09. The average Bonchev–Trinajstić information content (AvgIpc) is 3.20. The van der Waals surface area contributed by atoms with E-state index < -0.39 is 0 Å². The first kappa shape index (κ1) is 18.5. The number of carbonyl (C=O) groups excluding carboxylic acids is 1. The molecule has 2 aromatic carbocycles. The van der Waals surface area contributed by atoms with Gasteiger partial charge >= 0.3 is 0 Å². The highest BCUT2D eigenvalue weighted by Crippen LogP contribution is 2.29. The lowest BCUT2D eigenvalue weighted by Crippen LogP contribution is -2.14. The molecular weight excluding hydrogens is 340 g/mol. The van der Waals surface area contributed by atoms with Crippen LogP contribution in [0, 0.1) is 11.3 Å². The Morgan fingerprint density at radius 3 is 2.63 bits per heavy atom. The molecule has 1 N–H and O–H groups in total. The second-order valence-electron chi connectivity index (χ2n) is 6.36. The second-order valence-corrected chi connectivity index (χ2v) is 6.36. The van der Waals surface area contributed by atoms with Gasteiger partial charge in [-0.15, -0.1) is 0 Å². The summed E-state index contributed by atoms with van der Waals surface area (Å²) in [5.74, 6) is 1.11. The lowest BCUT2D eigenvalue weighted by atomic mass is 10.2. The van der Waals surface area contributed by atoms with Crippen LogP contribution in [0.15, 0.2) is 54.6 Å². The number of nitriles is 1. The van der Waals surface area contributed by atoms with Crippen LogP contribution in [0.3, 0.4) is 0 Å². The molecule has 1 aliphatic carbocycles. The van der Waals surface area contributed by atoms with Gasteiger partial charge in [0, 0.05) is 6.08 Å². The van der Waals surface area contributed by atoms with Crippen molar-refractivity contribution in [2.75, 3.05) is 11.9 Å². The van der Waals surface area contributed by atoms with Crippen molar-refractivity contribution < 1.29 is 14.3 Å². The summed E-state index contributed by atoms with van der Waals surface area (Å²) < 4.78 is 11.2. The Labute approximate surface area is 159 Å². The van der Waals surface area contributed by atoms with Gasteiger partial charge in [-0.25, -0.2) is 0 Å². The lowest BCUT2D eigenvalue weighted by molar-refractivity contribution is -0.111. The van der Waals surface area contributed by atoms with E-state index in [9.17, 15) is 4.79 Å². The van der Waals surface area contributed by atoms with Crippen molar-refractivity contribution in [1.29, 1.82) is 5.26 Å². The Bertz CT molecular complexity index is 831. The molecule has 0 saturated heterocycles. The minimum Gasteiger partial charge on any atom is -0.488 e. The SMILES string of the molecule is N#CCOc1ccc(/C=C/C(=O)Nc2ccccc2OC2CCCC2)cc1. The van der Waals surface area contributed by atoms with Crippen molar-refractivity contribution >= 4 is 17.7 Å². The number of hydrogen-bond donors (Lipinski definition) is 1. The molecule has 0 heterocycles. The third kappa shape index (κ3) is 5.61. The third-order valence-electron chi connectivity index (χ3n) is 4.35. The van der Waals surface area contributed by atoms with Crippen molar-refractivity contribution in [2.45, 2.75) is 31.8 Å². The number of carbonyl (C=O) groups is 1. The van der Waals surface area contributed by atoms with E-state index in [-0.39, 0.29) is 18.6 Å². The number of benzene rings is 2. The largest absolute Gasteiger partial charge is 0.488 e. The van der Waals surface area contributed by atoms with Crippen molar-refractivity contribution in [3.05, 3.63) is 60.2 Å². The van der Waals surface area contributed by atoms with Crippen molar-refractivity contribution in [3.63, 3.8) is 0 Å². The van der Waals surface area contributed by atoms with Gasteiger partial charge in [-0.2, -0.15) is 5.26 Å². The van der Waals surface area contributed by atoms with Crippen LogP contribution in [0.25, 0.3) is 6.08 Å². The Hall–Kier alpha value is -3.26. The van der Waals surface area contributed by atoms with Crippen LogP contribution in [0.5, 0.6) is 11.5 Å². The minimum absolute atomic E-state index is 0.0138. The molecule has 1 amide bonds. The molecule has 5 nitrogen and oxygen atoms in total. The maximum atomic E-state index is 12.3. The zero-order valence-electron chi connectivity index (χ0n) is 15.1. The van der Waals surface area contributed by atoms with Gasteiger partial charge in [-0.1, -0.05) is 24.3 Å². The maximum Gasteiger partial charge on any atom is 0.248 e. The molecular formula is C22H22N2O3. The number of nitrogens with one attached hydrogen (secondary N) is 1. The van der Waals surface area contributed by atoms with E-state index in [1.165, 1.54) is 18.9 Å². The number of amides is 1. The Balaban J connectivity index is 1.59. The quantitative estimate of drug-likeness (QED) is 0.733. The van der Waals surface area contributed by atoms with E-state index in [4.69, 9.17) is 14.7 Å². The predicted molar refractivity (Wildman–Crippen MR) is 105 cm³/mol. The van der Waals surface area contributed by atoms with Gasteiger partial charge in [0.25, 0.3) is 0 Å². The van der Waals surface area contributed by atoms with Gasteiger partial charge in [0.2, 0.25) is 5.91 Å². The zero-order valence-corrected chi connectivity index (χ0v) is 15.1. The summed E-state index contributed by atoms with van der Waals surface area (Å²) in [6, 6.07) is 16.6. The normalized spacial score (nSPS) is 14.0. The summed E-state index contributed by atoms with van der Waals surface area (Å²) in [7, 11) is 0. The van der Waals surface area contributed by atoms with Crippen molar-refractivity contribution in [2.24, 2.45) is 0 Å². The Morgan fingerprint density at radius 1 is 1.15 bits per heavy atom. The zero-order chi connectivity index (χ0) is 18.9. The van der Waals surface area contributed by atoms with Gasteiger partial charge in [0.05, 0.1) is 11.8 Å². The summed E-state index contributed by atoms with van der Waals surface area (Å²) in [6.07, 6.45) is 7.97. The summed E-state index contributed by atoms with van der Waals surface area (Å²) in [5.41, 5.74) is 1.55. The number of hydrogen-bond acceptors (Lipinski definition) is 4. The van der Waals surface area contributed by atoms with E-state index in [1.807, 2.05) is 42.5 Å². The van der Waals surface area contributed by atoms with Crippen LogP contribution < -0.4 is 14.8 Å². The molecule has 0 aromatic heterocycles. The maximum absolute atomic E-state index is 12.3. The van der Waals surface area contributed by atoms with E-state index in [1.54, 1.807) is 18.2 Å². The van der Waals surface area contributed by atoms with Crippen LogP contribution in [-0.2, 0) is 4.79 Å². The Morgan fingerprint density at radius 2 is 1.89 bits per heavy atom. The molecule has 0 spiro atoms. The van der Waals surface area contributed by atoms with Gasteiger partial charge < -0.3 is 14.8 Å². The molecule has 0 bridgehead atoms. The molecule has 5 heteroatoms. The monoisotopic (exact) mass is 362 g/mol. The molecule has 0 atom stereocenters. The number of rotatable bonds is 7. The smallest absolute Gasteiger partial charge is 0.248 e. The predicted octanol–water partition coefficient (Wildman–Crippen LogP) is 4.56. The standard InChI is InChI=1S/C22H22N2O3/c23-15-16-26-18-12-9-17(10-13-18)11-14-22(25)24-20-7-3-4-8-21(20)27-19-5-1-2-6-19/h3-4,7-14,19H,1-2,5-6,16H2,(H,24,25)/b14-11+. The van der Waals surface area contributed by atoms with E-state index in [0.29, 0.717) is 17.2 Å². The van der Waals surface area contributed by atoms with Crippen molar-refractivity contribution in [3.8, 4) is 17.6 Å². The number of nitrogens with zero attached hydrogens (tertiary/aromatic N) is 1. The van der Waals surface area contributed by atoms with E-state index in [0.717, 1.165) is 18.4 Å². The molecule has 27 heavy (non-hydrogen) atoms. The molecule has 0 aliphatic heterocycles. The van der Waals surface area contributed by atoms with Crippen LogP contribution in [0.4, 0.5) is 5.69 Å². The van der Waals surface area contributed by atoms with E-state index >= 15 is 0 Å². The lowest BCUT2D eigenvalue weighted by Gasteiger charge is -2.16. The minimum atomic E-state index is -0.220. The summed E-state index contributed by atoms with van der Waals surface area (Å²) >= 11 is 0. The highest BCUT2D eigenvalue weighted by atomic mass is 16.5. The summed E-state index contributed by atoms with van der Waals surface area (Å²) in [5, 5.41) is 11.4. The summed E-state index contributed by atoms with van der Waals surface area (Å²) in [6.45, 7) is 0.0138. The van der Waals surface area contributed by atoms with Crippen LogP contribution in [-0.4, -0.2) is 18.6 Å². The van der Waals surface area contributed by atoms with Gasteiger partial charge in [-0.3, -0.25) is 4.79 Å². The van der Waals surface area contributed by atoms with Crippen molar-refractivity contribution in [1.82, 2.24) is 0 Å². The highest BCUT2D eigenvalue weighted by molar-refractivity contribution is 6.02. The molecule has 0 radical (unpaired) electrons. The second kappa shape index (κ2) is 9.44. The molecule has 3 rings (SSSR count). The molecule has 1 fully saturated rings. The fourth-order valence-corrected chi connectivity index (χ4v) is 3.00. The van der Waals surface area contributed by atoms with Crippen LogP contribution in [0.2, 0.25) is 0 Å². The Kier molecular flexibility index (Phi) is 6.48. The highest BCUT2D eigenvalue weighted by Gasteiger charge is 2.18. The van der Waals surface area contributed by atoms with E-state index in [2.05, 4.69) is 5.32 Å². The molecule has 1 aliphatic rings. The first-order valence-corrected chi connectivity index (χ1v) is 9.09. The van der Waals surface area contributed by atoms with Crippen LogP contribution >= 0.6 is 0 Å². The van der Waals surface area contributed by atoms with Gasteiger partial charge in [-0.05, 0) is 61.6 Å². The topological polar surface area (TPSA) is 71.3 Å². The van der Waals surface area contributed by atoms with Gasteiger partial charge in [0.15, 0.2) is 6.61 Å². The fraction of sp³-hybridized carbons (Fsp3) is 0.273. The number of ether oxygens (including phenoxy) is 2. The molecule has 138 valence electrons. The summed E-state index contributed by atoms with van der Waals surface area (Å²) in [4.78, 5) is 12.3. The number of para-hydroxylation sites is 2. The number of anilines is 1. The van der Waals surface area contributed by atoms with Gasteiger partial charge in [0.1, 0.15) is 17.6 Å². The fourth-order valence-electron chi connectivity index (χ4n) is 3.00. The third-order valence-corrected chi connectivity index (χ3v) is 4.35.